The number of anilines is 1. The average molecular weight is 339 g/mol. The molecule has 0 spiro atoms. The van der Waals surface area contributed by atoms with Crippen LogP contribution in [-0.4, -0.2) is 0 Å². The first kappa shape index (κ1) is 16.7. The van der Waals surface area contributed by atoms with E-state index in [1.54, 1.807) is 6.08 Å². The van der Waals surface area contributed by atoms with Gasteiger partial charge in [0.15, 0.2) is 0 Å². The highest BCUT2D eigenvalue weighted by Crippen LogP contribution is 2.50. The van der Waals surface area contributed by atoms with Crippen molar-refractivity contribution in [1.29, 1.82) is 0 Å². The maximum atomic E-state index is 3.96. The molecule has 0 aromatic heterocycles. The minimum atomic E-state index is -0.0118. The van der Waals surface area contributed by atoms with Crippen LogP contribution in [0, 0.1) is 0 Å². The fourth-order valence-corrected chi connectivity index (χ4v) is 4.13. The zero-order chi connectivity index (χ0) is 18.3. The molecule has 0 heterocycles. The monoisotopic (exact) mass is 339 g/mol. The summed E-state index contributed by atoms with van der Waals surface area (Å²) in [5, 5.41) is 3.32. The van der Waals surface area contributed by atoms with Gasteiger partial charge in [0.2, 0.25) is 0 Å². The lowest BCUT2D eigenvalue weighted by atomic mass is 9.80. The molecule has 1 unspecified atom stereocenters. The molecule has 1 nitrogen and oxygen atoms in total. The van der Waals surface area contributed by atoms with Gasteiger partial charge in [-0.15, -0.1) is 0 Å². The van der Waals surface area contributed by atoms with Crippen molar-refractivity contribution in [2.45, 2.75) is 31.6 Å². The normalized spacial score (nSPS) is 18.9. The Labute approximate surface area is 156 Å². The molecule has 2 aromatic carbocycles. The minimum Gasteiger partial charge on any atom is -0.356 e. The number of hydrogen-bond donors (Lipinski definition) is 1. The van der Waals surface area contributed by atoms with Crippen LogP contribution < -0.4 is 5.32 Å². The minimum absolute atomic E-state index is 0.0118. The van der Waals surface area contributed by atoms with Gasteiger partial charge >= 0.3 is 0 Å². The zero-order valence-electron chi connectivity index (χ0n) is 15.5. The molecule has 1 N–H and O–H groups in total. The van der Waals surface area contributed by atoms with Gasteiger partial charge in [-0.2, -0.15) is 0 Å². The average Bonchev–Trinajstić information content (AvgIpc) is 2.89. The maximum Gasteiger partial charge on any atom is 0.0387 e. The number of rotatable bonds is 4. The molecule has 0 aliphatic heterocycles. The van der Waals surface area contributed by atoms with Gasteiger partial charge in [0.25, 0.3) is 0 Å². The molecule has 0 fully saturated rings. The summed E-state index contributed by atoms with van der Waals surface area (Å²) in [6, 6.07) is 13.6. The number of hydrogen-bond acceptors (Lipinski definition) is 1. The van der Waals surface area contributed by atoms with E-state index in [-0.39, 0.29) is 5.41 Å². The van der Waals surface area contributed by atoms with Crippen LogP contribution in [0.1, 0.15) is 42.9 Å². The van der Waals surface area contributed by atoms with Crippen LogP contribution in [0.5, 0.6) is 0 Å². The first-order valence-electron chi connectivity index (χ1n) is 9.22. The maximum absolute atomic E-state index is 3.96. The highest BCUT2D eigenvalue weighted by molar-refractivity contribution is 5.83. The van der Waals surface area contributed by atoms with Gasteiger partial charge in [0, 0.05) is 22.7 Å². The first-order chi connectivity index (χ1) is 12.5. The van der Waals surface area contributed by atoms with Crippen LogP contribution >= 0.6 is 0 Å². The van der Waals surface area contributed by atoms with Crippen LogP contribution in [0.15, 0.2) is 85.6 Å². The summed E-state index contributed by atoms with van der Waals surface area (Å²) in [7, 11) is 0. The topological polar surface area (TPSA) is 12.0 Å². The van der Waals surface area contributed by atoms with E-state index in [9.17, 15) is 0 Å². The van der Waals surface area contributed by atoms with Crippen LogP contribution in [0.2, 0.25) is 0 Å². The number of nitrogens with one attached hydrogen (secondary N) is 1. The predicted octanol–water partition coefficient (Wildman–Crippen LogP) is 6.70. The van der Waals surface area contributed by atoms with Gasteiger partial charge in [0.1, 0.15) is 0 Å². The standard InChI is InChI=1S/C25H25N/c1-5-17(2)26-20-12-14-22-21-13-11-19(18-9-7-6-8-10-18)15-23(21)25(3,4)24(22)16-20/h5-9,11-16,18,26H,1-2,10H2,3-4H3. The Morgan fingerprint density at radius 1 is 1.08 bits per heavy atom. The highest BCUT2D eigenvalue weighted by atomic mass is 14.9. The predicted molar refractivity (Wildman–Crippen MR) is 113 cm³/mol. The quantitative estimate of drug-likeness (QED) is 0.611. The summed E-state index contributed by atoms with van der Waals surface area (Å²) in [6.07, 6.45) is 11.7. The van der Waals surface area contributed by atoms with E-state index in [0.29, 0.717) is 5.92 Å². The molecule has 2 aromatic rings. The Kier molecular flexibility index (Phi) is 3.96. The molecule has 1 atom stereocenters. The Morgan fingerprint density at radius 2 is 1.81 bits per heavy atom. The molecule has 0 saturated carbocycles. The number of allylic oxidation sites excluding steroid dienone is 5. The van der Waals surface area contributed by atoms with Crippen molar-refractivity contribution in [3.8, 4) is 11.1 Å². The van der Waals surface area contributed by atoms with E-state index >= 15 is 0 Å². The van der Waals surface area contributed by atoms with E-state index in [0.717, 1.165) is 17.8 Å². The molecule has 130 valence electrons. The van der Waals surface area contributed by atoms with Crippen molar-refractivity contribution in [2.75, 3.05) is 5.32 Å². The molecule has 2 aliphatic carbocycles. The second kappa shape index (κ2) is 6.17. The molecule has 2 aliphatic rings. The summed E-state index contributed by atoms with van der Waals surface area (Å²) in [4.78, 5) is 0. The van der Waals surface area contributed by atoms with Crippen molar-refractivity contribution in [2.24, 2.45) is 0 Å². The molecule has 0 radical (unpaired) electrons. The zero-order valence-corrected chi connectivity index (χ0v) is 15.5. The number of benzene rings is 2. The second-order valence-corrected chi connectivity index (χ2v) is 7.70. The first-order valence-corrected chi connectivity index (χ1v) is 9.22. The molecule has 1 heteroatoms. The van der Waals surface area contributed by atoms with Gasteiger partial charge in [-0.05, 0) is 52.4 Å². The summed E-state index contributed by atoms with van der Waals surface area (Å²) in [5.41, 5.74) is 8.76. The van der Waals surface area contributed by atoms with Crippen LogP contribution in [-0.2, 0) is 5.41 Å². The third-order valence-corrected chi connectivity index (χ3v) is 5.66. The fourth-order valence-electron chi connectivity index (χ4n) is 4.13. The van der Waals surface area contributed by atoms with E-state index in [4.69, 9.17) is 0 Å². The van der Waals surface area contributed by atoms with Gasteiger partial charge < -0.3 is 5.32 Å². The summed E-state index contributed by atoms with van der Waals surface area (Å²) in [5.74, 6) is 0.484. The Morgan fingerprint density at radius 3 is 2.50 bits per heavy atom. The van der Waals surface area contributed by atoms with Crippen LogP contribution in [0.25, 0.3) is 11.1 Å². The lowest BCUT2D eigenvalue weighted by Crippen LogP contribution is -2.16. The van der Waals surface area contributed by atoms with Crippen molar-refractivity contribution in [1.82, 2.24) is 0 Å². The van der Waals surface area contributed by atoms with E-state index in [2.05, 4.69) is 93.0 Å². The third kappa shape index (κ3) is 2.64. The van der Waals surface area contributed by atoms with Crippen LogP contribution in [0.4, 0.5) is 5.69 Å². The molecular weight excluding hydrogens is 314 g/mol. The Hall–Kier alpha value is -2.80. The van der Waals surface area contributed by atoms with Crippen molar-refractivity contribution >= 4 is 5.69 Å². The number of fused-ring (bicyclic) bond motifs is 3. The van der Waals surface area contributed by atoms with Crippen molar-refractivity contribution in [3.05, 3.63) is 102 Å². The fraction of sp³-hybridized carbons (Fsp3) is 0.200. The van der Waals surface area contributed by atoms with E-state index in [1.807, 2.05) is 0 Å². The summed E-state index contributed by atoms with van der Waals surface area (Å²) >= 11 is 0. The molecule has 0 amide bonds. The highest BCUT2D eigenvalue weighted by Gasteiger charge is 2.36. The molecule has 0 saturated heterocycles. The summed E-state index contributed by atoms with van der Waals surface area (Å²) < 4.78 is 0. The summed E-state index contributed by atoms with van der Waals surface area (Å²) in [6.45, 7) is 12.4. The molecule has 26 heavy (non-hydrogen) atoms. The van der Waals surface area contributed by atoms with Crippen molar-refractivity contribution < 1.29 is 0 Å². The van der Waals surface area contributed by atoms with Gasteiger partial charge in [0.05, 0.1) is 0 Å². The van der Waals surface area contributed by atoms with Gasteiger partial charge in [-0.25, -0.2) is 0 Å². The lowest BCUT2D eigenvalue weighted by Gasteiger charge is -2.24. The van der Waals surface area contributed by atoms with Gasteiger partial charge in [-0.3, -0.25) is 0 Å². The smallest absolute Gasteiger partial charge is 0.0387 e. The van der Waals surface area contributed by atoms with Crippen LogP contribution in [0.3, 0.4) is 0 Å². The third-order valence-electron chi connectivity index (χ3n) is 5.66. The van der Waals surface area contributed by atoms with E-state index < -0.39 is 0 Å². The Bertz CT molecular complexity index is 956. The second-order valence-electron chi connectivity index (χ2n) is 7.70. The van der Waals surface area contributed by atoms with E-state index in [1.165, 1.54) is 27.8 Å². The molecular formula is C25H25N. The molecule has 4 rings (SSSR count). The largest absolute Gasteiger partial charge is 0.356 e. The Balaban J connectivity index is 1.75. The lowest BCUT2D eigenvalue weighted by molar-refractivity contribution is 0.658. The van der Waals surface area contributed by atoms with Gasteiger partial charge in [-0.1, -0.05) is 75.6 Å². The SMILES string of the molecule is C=CC(=C)Nc1ccc2c(c1)C(C)(C)c1cc(C3C=CC=CC3)ccc1-2. The van der Waals surface area contributed by atoms with Crippen molar-refractivity contribution in [3.63, 3.8) is 0 Å². The molecule has 0 bridgehead atoms.